The van der Waals surface area contributed by atoms with Crippen molar-refractivity contribution in [1.82, 2.24) is 5.32 Å². The standard InChI is InChI=1S/C21H22N2O4S/c1-14(2)8-9-22-21(24)20-11-16-10-17(23(25)26)18(12-19(16)28-20)27-13-15-6-4-3-5-7-15/h3-7,10-12,14H,8-9,13H2,1-2H3,(H,22,24). The molecule has 3 aromatic rings. The number of nitrogens with one attached hydrogen (secondary N) is 1. The fourth-order valence-electron chi connectivity index (χ4n) is 2.72. The number of hydrogen-bond donors (Lipinski definition) is 1. The fourth-order valence-corrected chi connectivity index (χ4v) is 3.71. The zero-order valence-electron chi connectivity index (χ0n) is 15.8. The molecule has 0 aliphatic heterocycles. The summed E-state index contributed by atoms with van der Waals surface area (Å²) in [7, 11) is 0. The van der Waals surface area contributed by atoms with Crippen molar-refractivity contribution in [2.24, 2.45) is 5.92 Å². The molecule has 1 heterocycles. The first kappa shape index (κ1) is 19.8. The van der Waals surface area contributed by atoms with Gasteiger partial charge in [0.25, 0.3) is 5.91 Å². The Hall–Kier alpha value is -2.93. The molecule has 1 aromatic heterocycles. The minimum Gasteiger partial charge on any atom is -0.482 e. The Labute approximate surface area is 167 Å². The molecule has 0 saturated heterocycles. The SMILES string of the molecule is CC(C)CCNC(=O)c1cc2cc([N+](=O)[O-])c(OCc3ccccc3)cc2s1. The van der Waals surface area contributed by atoms with E-state index in [2.05, 4.69) is 19.2 Å². The fraction of sp³-hybridized carbons (Fsp3) is 0.286. The van der Waals surface area contributed by atoms with Crippen LogP contribution in [-0.4, -0.2) is 17.4 Å². The number of hydrogen-bond acceptors (Lipinski definition) is 5. The van der Waals surface area contributed by atoms with E-state index in [0.29, 0.717) is 22.7 Å². The van der Waals surface area contributed by atoms with Crippen molar-refractivity contribution >= 4 is 33.0 Å². The van der Waals surface area contributed by atoms with Gasteiger partial charge in [0, 0.05) is 28.8 Å². The average Bonchev–Trinajstić information content (AvgIpc) is 3.09. The number of benzene rings is 2. The number of nitro groups is 1. The monoisotopic (exact) mass is 398 g/mol. The molecule has 0 spiro atoms. The van der Waals surface area contributed by atoms with Crippen molar-refractivity contribution < 1.29 is 14.5 Å². The normalized spacial score (nSPS) is 11.0. The second-order valence-corrected chi connectivity index (χ2v) is 8.02. The van der Waals surface area contributed by atoms with Gasteiger partial charge in [-0.2, -0.15) is 0 Å². The second kappa shape index (κ2) is 8.84. The largest absolute Gasteiger partial charge is 0.482 e. The third-order valence-electron chi connectivity index (χ3n) is 4.26. The summed E-state index contributed by atoms with van der Waals surface area (Å²) in [6, 6.07) is 14.3. The topological polar surface area (TPSA) is 81.5 Å². The van der Waals surface area contributed by atoms with Crippen LogP contribution < -0.4 is 10.1 Å². The highest BCUT2D eigenvalue weighted by Gasteiger charge is 2.20. The van der Waals surface area contributed by atoms with Crippen molar-refractivity contribution in [3.8, 4) is 5.75 Å². The molecule has 0 saturated carbocycles. The van der Waals surface area contributed by atoms with Crippen LogP contribution in [0, 0.1) is 16.0 Å². The predicted octanol–water partition coefficient (Wildman–Crippen LogP) is 5.16. The van der Waals surface area contributed by atoms with Crippen molar-refractivity contribution in [3.05, 3.63) is 69.1 Å². The predicted molar refractivity (Wildman–Crippen MR) is 111 cm³/mol. The number of nitrogens with zero attached hydrogens (tertiary/aromatic N) is 1. The quantitative estimate of drug-likeness (QED) is 0.419. The number of thiophene rings is 1. The van der Waals surface area contributed by atoms with Crippen LogP contribution >= 0.6 is 11.3 Å². The minimum absolute atomic E-state index is 0.104. The number of rotatable bonds is 8. The molecule has 0 radical (unpaired) electrons. The molecule has 7 heteroatoms. The molecule has 0 aliphatic rings. The molecule has 146 valence electrons. The Morgan fingerprint density at radius 1 is 1.21 bits per heavy atom. The summed E-state index contributed by atoms with van der Waals surface area (Å²) in [5, 5.41) is 15.0. The third-order valence-corrected chi connectivity index (χ3v) is 5.36. The lowest BCUT2D eigenvalue weighted by Gasteiger charge is -2.07. The van der Waals surface area contributed by atoms with E-state index in [-0.39, 0.29) is 24.0 Å². The van der Waals surface area contributed by atoms with Gasteiger partial charge in [0.2, 0.25) is 0 Å². The van der Waals surface area contributed by atoms with Crippen molar-refractivity contribution in [3.63, 3.8) is 0 Å². The summed E-state index contributed by atoms with van der Waals surface area (Å²) in [6.07, 6.45) is 0.902. The van der Waals surface area contributed by atoms with Crippen molar-refractivity contribution in [2.75, 3.05) is 6.54 Å². The Balaban J connectivity index is 1.82. The van der Waals surface area contributed by atoms with E-state index in [9.17, 15) is 14.9 Å². The highest BCUT2D eigenvalue weighted by molar-refractivity contribution is 7.20. The van der Waals surface area contributed by atoms with E-state index < -0.39 is 4.92 Å². The molecule has 1 N–H and O–H groups in total. The summed E-state index contributed by atoms with van der Waals surface area (Å²) < 4.78 is 6.50. The van der Waals surface area contributed by atoms with Crippen molar-refractivity contribution in [2.45, 2.75) is 26.9 Å². The zero-order chi connectivity index (χ0) is 20.1. The maximum absolute atomic E-state index is 12.3. The highest BCUT2D eigenvalue weighted by atomic mass is 32.1. The van der Waals surface area contributed by atoms with Crippen LogP contribution in [-0.2, 0) is 6.61 Å². The van der Waals surface area contributed by atoms with Crippen molar-refractivity contribution in [1.29, 1.82) is 0 Å². The Kier molecular flexibility index (Phi) is 6.26. The van der Waals surface area contributed by atoms with Crippen LogP contribution in [0.4, 0.5) is 5.69 Å². The Morgan fingerprint density at radius 3 is 2.64 bits per heavy atom. The van der Waals surface area contributed by atoms with Crippen LogP contribution in [0.5, 0.6) is 5.75 Å². The molecule has 3 rings (SSSR count). The molecule has 0 unspecified atom stereocenters. The molecule has 0 atom stereocenters. The van der Waals surface area contributed by atoms with Crippen LogP contribution in [0.3, 0.4) is 0 Å². The first-order chi connectivity index (χ1) is 13.4. The number of amides is 1. The lowest BCUT2D eigenvalue weighted by molar-refractivity contribution is -0.385. The number of nitro benzene ring substituents is 1. The van der Waals surface area contributed by atoms with E-state index in [0.717, 1.165) is 16.7 Å². The van der Waals surface area contributed by atoms with E-state index >= 15 is 0 Å². The van der Waals surface area contributed by atoms with Gasteiger partial charge in [0.1, 0.15) is 6.61 Å². The zero-order valence-corrected chi connectivity index (χ0v) is 16.6. The lowest BCUT2D eigenvalue weighted by atomic mass is 10.1. The summed E-state index contributed by atoms with van der Waals surface area (Å²) in [5.74, 6) is 0.556. The first-order valence-corrected chi connectivity index (χ1v) is 9.92. The van der Waals surface area contributed by atoms with E-state index in [4.69, 9.17) is 4.74 Å². The van der Waals surface area contributed by atoms with Gasteiger partial charge in [-0.15, -0.1) is 11.3 Å². The lowest BCUT2D eigenvalue weighted by Crippen LogP contribution is -2.24. The molecule has 0 aliphatic carbocycles. The number of ether oxygens (including phenoxy) is 1. The molecule has 1 amide bonds. The Morgan fingerprint density at radius 2 is 1.96 bits per heavy atom. The number of carbonyl (C=O) groups is 1. The summed E-state index contributed by atoms with van der Waals surface area (Å²) in [4.78, 5) is 23.9. The third kappa shape index (κ3) is 4.86. The van der Waals surface area contributed by atoms with Gasteiger partial charge in [0.15, 0.2) is 5.75 Å². The molecular weight excluding hydrogens is 376 g/mol. The van der Waals surface area contributed by atoms with Gasteiger partial charge in [-0.3, -0.25) is 14.9 Å². The average molecular weight is 398 g/mol. The summed E-state index contributed by atoms with van der Waals surface area (Å²) >= 11 is 1.31. The van der Waals surface area contributed by atoms with E-state index in [1.807, 2.05) is 30.3 Å². The van der Waals surface area contributed by atoms with Gasteiger partial charge in [-0.1, -0.05) is 44.2 Å². The molecule has 0 bridgehead atoms. The molecule has 6 nitrogen and oxygen atoms in total. The summed E-state index contributed by atoms with van der Waals surface area (Å²) in [5.41, 5.74) is 0.821. The maximum atomic E-state index is 12.3. The minimum atomic E-state index is -0.459. The molecular formula is C21H22N2O4S. The van der Waals surface area contributed by atoms with Gasteiger partial charge in [-0.25, -0.2) is 0 Å². The van der Waals surface area contributed by atoms with Gasteiger partial charge in [-0.05, 0) is 24.0 Å². The smallest absolute Gasteiger partial charge is 0.311 e. The Bertz CT molecular complexity index is 983. The molecule has 0 fully saturated rings. The van der Waals surface area contributed by atoms with Gasteiger partial charge < -0.3 is 10.1 Å². The van der Waals surface area contributed by atoms with E-state index in [1.165, 1.54) is 17.4 Å². The first-order valence-electron chi connectivity index (χ1n) is 9.11. The summed E-state index contributed by atoms with van der Waals surface area (Å²) in [6.45, 7) is 5.04. The molecule has 28 heavy (non-hydrogen) atoms. The number of carbonyl (C=O) groups excluding carboxylic acids is 1. The van der Waals surface area contributed by atoms with Gasteiger partial charge >= 0.3 is 5.69 Å². The number of fused-ring (bicyclic) bond motifs is 1. The van der Waals surface area contributed by atoms with Crippen LogP contribution in [0.15, 0.2) is 48.5 Å². The van der Waals surface area contributed by atoms with Crippen LogP contribution in [0.25, 0.3) is 10.1 Å². The molecule has 2 aromatic carbocycles. The van der Waals surface area contributed by atoms with Crippen LogP contribution in [0.1, 0.15) is 35.5 Å². The van der Waals surface area contributed by atoms with Gasteiger partial charge in [0.05, 0.1) is 9.80 Å². The van der Waals surface area contributed by atoms with Crippen LogP contribution in [0.2, 0.25) is 0 Å². The van der Waals surface area contributed by atoms with E-state index in [1.54, 1.807) is 12.1 Å². The second-order valence-electron chi connectivity index (χ2n) is 6.94. The highest BCUT2D eigenvalue weighted by Crippen LogP contribution is 2.36. The maximum Gasteiger partial charge on any atom is 0.311 e.